The second-order valence-electron chi connectivity index (χ2n) is 3.93. The zero-order valence-electron chi connectivity index (χ0n) is 10.5. The standard InChI is InChI=1S/C13H10ClN3O2S/c1-17(11-5-2-4-10(8-11)9-15)20(18,19)12-6-3-7-16-13(12)14/h2-8H,1H3. The van der Waals surface area contributed by atoms with Crippen LogP contribution in [-0.2, 0) is 10.0 Å². The van der Waals surface area contributed by atoms with E-state index < -0.39 is 10.0 Å². The van der Waals surface area contributed by atoms with Crippen molar-refractivity contribution in [1.29, 1.82) is 5.26 Å². The van der Waals surface area contributed by atoms with Gasteiger partial charge in [-0.2, -0.15) is 5.26 Å². The number of rotatable bonds is 3. The van der Waals surface area contributed by atoms with Gasteiger partial charge in [0.25, 0.3) is 10.0 Å². The monoisotopic (exact) mass is 307 g/mol. The molecule has 0 radical (unpaired) electrons. The number of sulfonamides is 1. The molecule has 0 amide bonds. The molecule has 20 heavy (non-hydrogen) atoms. The fourth-order valence-electron chi connectivity index (χ4n) is 1.62. The summed E-state index contributed by atoms with van der Waals surface area (Å²) >= 11 is 5.83. The van der Waals surface area contributed by atoms with Crippen LogP contribution in [0.5, 0.6) is 0 Å². The molecule has 0 bridgehead atoms. The molecule has 0 N–H and O–H groups in total. The first-order valence-corrected chi connectivity index (χ1v) is 7.38. The van der Waals surface area contributed by atoms with Crippen molar-refractivity contribution >= 4 is 27.3 Å². The van der Waals surface area contributed by atoms with E-state index in [0.29, 0.717) is 11.3 Å². The Hall–Kier alpha value is -2.10. The number of hydrogen-bond acceptors (Lipinski definition) is 4. The van der Waals surface area contributed by atoms with Crippen molar-refractivity contribution in [2.45, 2.75) is 4.90 Å². The lowest BCUT2D eigenvalue weighted by Crippen LogP contribution is -2.27. The van der Waals surface area contributed by atoms with E-state index in [9.17, 15) is 8.42 Å². The zero-order chi connectivity index (χ0) is 14.8. The van der Waals surface area contributed by atoms with Gasteiger partial charge in [-0.1, -0.05) is 17.7 Å². The fourth-order valence-corrected chi connectivity index (χ4v) is 3.24. The molecule has 0 saturated carbocycles. The third-order valence-corrected chi connectivity index (χ3v) is 4.93. The van der Waals surface area contributed by atoms with E-state index >= 15 is 0 Å². The van der Waals surface area contributed by atoms with Crippen LogP contribution in [0.1, 0.15) is 5.56 Å². The molecule has 0 aliphatic carbocycles. The van der Waals surface area contributed by atoms with E-state index in [0.717, 1.165) is 4.31 Å². The van der Waals surface area contributed by atoms with Gasteiger partial charge in [0, 0.05) is 13.2 Å². The molecule has 0 spiro atoms. The molecule has 0 atom stereocenters. The Labute approximate surface area is 122 Å². The number of hydrogen-bond donors (Lipinski definition) is 0. The highest BCUT2D eigenvalue weighted by atomic mass is 35.5. The highest BCUT2D eigenvalue weighted by Crippen LogP contribution is 2.26. The van der Waals surface area contributed by atoms with Gasteiger partial charge in [0.15, 0.2) is 0 Å². The molecule has 1 aromatic carbocycles. The van der Waals surface area contributed by atoms with Crippen LogP contribution >= 0.6 is 11.6 Å². The Morgan fingerprint density at radius 2 is 2.05 bits per heavy atom. The maximum absolute atomic E-state index is 12.5. The summed E-state index contributed by atoms with van der Waals surface area (Å²) in [6.45, 7) is 0. The predicted molar refractivity (Wildman–Crippen MR) is 76.0 cm³/mol. The van der Waals surface area contributed by atoms with Crippen LogP contribution in [0.2, 0.25) is 5.15 Å². The minimum Gasteiger partial charge on any atom is -0.269 e. The van der Waals surface area contributed by atoms with Crippen molar-refractivity contribution in [1.82, 2.24) is 4.98 Å². The smallest absolute Gasteiger partial charge is 0.267 e. The van der Waals surface area contributed by atoms with Crippen LogP contribution in [0.4, 0.5) is 5.69 Å². The van der Waals surface area contributed by atoms with Crippen molar-refractivity contribution in [2.75, 3.05) is 11.4 Å². The van der Waals surface area contributed by atoms with Gasteiger partial charge in [0.2, 0.25) is 0 Å². The summed E-state index contributed by atoms with van der Waals surface area (Å²) in [5.74, 6) is 0. The molecule has 7 heteroatoms. The maximum atomic E-state index is 12.5. The molecule has 0 aliphatic heterocycles. The van der Waals surface area contributed by atoms with Crippen molar-refractivity contribution in [2.24, 2.45) is 0 Å². The lowest BCUT2D eigenvalue weighted by molar-refractivity contribution is 0.594. The van der Waals surface area contributed by atoms with Crippen LogP contribution in [0, 0.1) is 11.3 Å². The van der Waals surface area contributed by atoms with E-state index in [1.807, 2.05) is 6.07 Å². The van der Waals surface area contributed by atoms with Crippen LogP contribution in [-0.4, -0.2) is 20.4 Å². The summed E-state index contributed by atoms with van der Waals surface area (Å²) in [5.41, 5.74) is 0.755. The van der Waals surface area contributed by atoms with Gasteiger partial charge in [-0.3, -0.25) is 4.31 Å². The molecule has 0 unspecified atom stereocenters. The van der Waals surface area contributed by atoms with Crippen molar-refractivity contribution < 1.29 is 8.42 Å². The Kier molecular flexibility index (Phi) is 3.93. The first-order chi connectivity index (χ1) is 9.46. The fraction of sp³-hybridized carbons (Fsp3) is 0.0769. The van der Waals surface area contributed by atoms with Crippen LogP contribution in [0.15, 0.2) is 47.5 Å². The number of benzene rings is 1. The Bertz CT molecular complexity index is 784. The summed E-state index contributed by atoms with van der Waals surface area (Å²) in [5, 5.41) is 8.77. The van der Waals surface area contributed by atoms with E-state index in [1.165, 1.54) is 31.4 Å². The van der Waals surface area contributed by atoms with Crippen molar-refractivity contribution in [3.8, 4) is 6.07 Å². The average Bonchev–Trinajstić information content (AvgIpc) is 2.46. The molecule has 0 fully saturated rings. The average molecular weight is 308 g/mol. The van der Waals surface area contributed by atoms with E-state index in [1.54, 1.807) is 18.2 Å². The Morgan fingerprint density at radius 1 is 1.30 bits per heavy atom. The van der Waals surface area contributed by atoms with E-state index in [4.69, 9.17) is 16.9 Å². The number of nitrogens with zero attached hydrogens (tertiary/aromatic N) is 3. The lowest BCUT2D eigenvalue weighted by atomic mass is 10.2. The summed E-state index contributed by atoms with van der Waals surface area (Å²) < 4.78 is 26.0. The number of halogens is 1. The number of nitriles is 1. The van der Waals surface area contributed by atoms with Crippen LogP contribution in [0.3, 0.4) is 0 Å². The van der Waals surface area contributed by atoms with Crippen LogP contribution < -0.4 is 4.31 Å². The third-order valence-electron chi connectivity index (χ3n) is 2.70. The first kappa shape index (κ1) is 14.3. The molecule has 0 saturated heterocycles. The molecule has 5 nitrogen and oxygen atoms in total. The normalized spacial score (nSPS) is 10.8. The van der Waals surface area contributed by atoms with Gasteiger partial charge in [-0.25, -0.2) is 13.4 Å². The molecule has 0 aliphatic rings. The molecule has 1 heterocycles. The molecule has 102 valence electrons. The topological polar surface area (TPSA) is 74.1 Å². The van der Waals surface area contributed by atoms with Crippen molar-refractivity contribution in [3.05, 3.63) is 53.3 Å². The van der Waals surface area contributed by atoms with E-state index in [-0.39, 0.29) is 10.0 Å². The minimum atomic E-state index is -3.82. The molecule has 2 aromatic rings. The second-order valence-corrected chi connectivity index (χ2v) is 6.22. The predicted octanol–water partition coefficient (Wildman–Crippen LogP) is 2.43. The van der Waals surface area contributed by atoms with E-state index in [2.05, 4.69) is 4.98 Å². The van der Waals surface area contributed by atoms with Crippen LogP contribution in [0.25, 0.3) is 0 Å². The molecule has 2 rings (SSSR count). The molecular weight excluding hydrogens is 298 g/mol. The van der Waals surface area contributed by atoms with Gasteiger partial charge < -0.3 is 0 Å². The van der Waals surface area contributed by atoms with Gasteiger partial charge in [0.1, 0.15) is 10.0 Å². The Balaban J connectivity index is 2.49. The van der Waals surface area contributed by atoms with Gasteiger partial charge in [-0.15, -0.1) is 0 Å². The number of pyridine rings is 1. The summed E-state index contributed by atoms with van der Waals surface area (Å²) in [7, 11) is -2.42. The number of aromatic nitrogens is 1. The highest BCUT2D eigenvalue weighted by molar-refractivity contribution is 7.92. The van der Waals surface area contributed by atoms with Gasteiger partial charge in [0.05, 0.1) is 17.3 Å². The summed E-state index contributed by atoms with van der Waals surface area (Å²) in [6.07, 6.45) is 1.41. The maximum Gasteiger partial charge on any atom is 0.267 e. The molecular formula is C13H10ClN3O2S. The minimum absolute atomic E-state index is 0.0773. The zero-order valence-corrected chi connectivity index (χ0v) is 12.1. The first-order valence-electron chi connectivity index (χ1n) is 5.56. The second kappa shape index (κ2) is 5.49. The largest absolute Gasteiger partial charge is 0.269 e. The summed E-state index contributed by atoms with van der Waals surface area (Å²) in [4.78, 5) is 3.69. The summed E-state index contributed by atoms with van der Waals surface area (Å²) in [6, 6.07) is 11.1. The SMILES string of the molecule is CN(c1cccc(C#N)c1)S(=O)(=O)c1cccnc1Cl. The van der Waals surface area contributed by atoms with Gasteiger partial charge in [-0.05, 0) is 30.3 Å². The molecule has 1 aromatic heterocycles. The number of anilines is 1. The highest BCUT2D eigenvalue weighted by Gasteiger charge is 2.24. The quantitative estimate of drug-likeness (QED) is 0.816. The lowest BCUT2D eigenvalue weighted by Gasteiger charge is -2.19. The van der Waals surface area contributed by atoms with Gasteiger partial charge >= 0.3 is 0 Å². The van der Waals surface area contributed by atoms with Crippen molar-refractivity contribution in [3.63, 3.8) is 0 Å². The Morgan fingerprint density at radius 3 is 2.70 bits per heavy atom. The third kappa shape index (κ3) is 2.59.